The topological polar surface area (TPSA) is 71.4 Å². The summed E-state index contributed by atoms with van der Waals surface area (Å²) in [6, 6.07) is 15.3. The van der Waals surface area contributed by atoms with E-state index in [0.717, 1.165) is 18.2 Å². The minimum absolute atomic E-state index is 0.0606. The summed E-state index contributed by atoms with van der Waals surface area (Å²) in [4.78, 5) is 12.7. The van der Waals surface area contributed by atoms with Crippen molar-refractivity contribution >= 4 is 17.7 Å². The molecule has 3 rings (SSSR count). The van der Waals surface area contributed by atoms with Crippen LogP contribution in [0.15, 0.2) is 78.9 Å². The number of benzene rings is 3. The third-order valence-electron chi connectivity index (χ3n) is 5.27. The number of amides is 1. The van der Waals surface area contributed by atoms with E-state index in [1.165, 1.54) is 18.2 Å². The number of rotatable bonds is 10. The normalized spacial score (nSPS) is 11.4. The van der Waals surface area contributed by atoms with Gasteiger partial charge in [-0.25, -0.2) is 4.39 Å². The van der Waals surface area contributed by atoms with Gasteiger partial charge in [-0.05, 0) is 61.4 Å². The van der Waals surface area contributed by atoms with Gasteiger partial charge in [0.1, 0.15) is 24.1 Å². The number of allylic oxidation sites excluding steroid dienone is 1. The molecule has 0 aliphatic heterocycles. The number of hydrogen-bond acceptors (Lipinski definition) is 4. The number of alkyl halides is 3. The van der Waals surface area contributed by atoms with Crippen molar-refractivity contribution in [3.8, 4) is 17.6 Å². The molecule has 0 atom stereocenters. The first-order valence-electron chi connectivity index (χ1n) is 11.5. The van der Waals surface area contributed by atoms with E-state index in [2.05, 4.69) is 11.9 Å². The Labute approximate surface area is 217 Å². The van der Waals surface area contributed by atoms with Gasteiger partial charge in [-0.3, -0.25) is 4.79 Å². The lowest BCUT2D eigenvalue weighted by Gasteiger charge is -2.17. The Kier molecular flexibility index (Phi) is 9.28. The highest BCUT2D eigenvalue weighted by molar-refractivity contribution is 6.09. The zero-order valence-corrected chi connectivity index (χ0v) is 20.4. The van der Waals surface area contributed by atoms with E-state index < -0.39 is 23.5 Å². The summed E-state index contributed by atoms with van der Waals surface area (Å²) < 4.78 is 64.7. The predicted octanol–water partition coefficient (Wildman–Crippen LogP) is 7.10. The van der Waals surface area contributed by atoms with Gasteiger partial charge in [-0.15, -0.1) is 6.58 Å². The maximum atomic E-state index is 14.1. The van der Waals surface area contributed by atoms with E-state index >= 15 is 0 Å². The predicted molar refractivity (Wildman–Crippen MR) is 136 cm³/mol. The number of nitriles is 1. The Balaban J connectivity index is 1.93. The average Bonchev–Trinajstić information content (AvgIpc) is 2.87. The molecule has 3 aromatic carbocycles. The minimum Gasteiger partial charge on any atom is -0.490 e. The fourth-order valence-electron chi connectivity index (χ4n) is 3.55. The zero-order chi connectivity index (χ0) is 27.7. The van der Waals surface area contributed by atoms with E-state index in [9.17, 15) is 27.6 Å². The van der Waals surface area contributed by atoms with Crippen molar-refractivity contribution in [2.75, 3.05) is 11.9 Å². The fourth-order valence-corrected chi connectivity index (χ4v) is 3.55. The van der Waals surface area contributed by atoms with Crippen LogP contribution in [0, 0.1) is 17.1 Å². The molecule has 0 saturated carbocycles. The van der Waals surface area contributed by atoms with Crippen molar-refractivity contribution in [1.82, 2.24) is 0 Å². The van der Waals surface area contributed by atoms with Gasteiger partial charge in [-0.2, -0.15) is 18.4 Å². The molecule has 0 aliphatic rings. The molecule has 5 nitrogen and oxygen atoms in total. The molecule has 0 aromatic heterocycles. The number of halogens is 4. The molecule has 3 aromatic rings. The lowest BCUT2D eigenvalue weighted by atomic mass is 10.0. The van der Waals surface area contributed by atoms with Gasteiger partial charge in [0.15, 0.2) is 11.5 Å². The molecule has 0 radical (unpaired) electrons. The molecule has 196 valence electrons. The molecule has 0 heterocycles. The number of carbonyl (C=O) groups is 1. The lowest BCUT2D eigenvalue weighted by molar-refractivity contribution is -0.137. The molecule has 1 amide bonds. The molecule has 0 bridgehead atoms. The highest BCUT2D eigenvalue weighted by Gasteiger charge is 2.30. The summed E-state index contributed by atoms with van der Waals surface area (Å²) in [5.41, 5.74) is 0.00347. The molecular weight excluding hydrogens is 500 g/mol. The van der Waals surface area contributed by atoms with Crippen LogP contribution < -0.4 is 14.8 Å². The van der Waals surface area contributed by atoms with Gasteiger partial charge >= 0.3 is 6.18 Å². The molecule has 9 heteroatoms. The summed E-state index contributed by atoms with van der Waals surface area (Å²) in [5.74, 6) is -0.625. The van der Waals surface area contributed by atoms with Crippen LogP contribution in [0.25, 0.3) is 6.08 Å². The second kappa shape index (κ2) is 12.6. The quantitative estimate of drug-likeness (QED) is 0.133. The molecule has 1 N–H and O–H groups in total. The SMILES string of the molecule is C=CCc1cc(/C=C(\C#N)C(=O)Nc2cccc(C(F)(F)F)c2)cc(OCC)c1OCc1ccccc1F. The van der Waals surface area contributed by atoms with Crippen molar-refractivity contribution in [2.24, 2.45) is 0 Å². The van der Waals surface area contributed by atoms with Crippen LogP contribution in [-0.4, -0.2) is 12.5 Å². The van der Waals surface area contributed by atoms with Crippen molar-refractivity contribution < 1.29 is 31.8 Å². The summed E-state index contributed by atoms with van der Waals surface area (Å²) in [7, 11) is 0. The average molecular weight is 525 g/mol. The minimum atomic E-state index is -4.58. The van der Waals surface area contributed by atoms with Crippen molar-refractivity contribution in [3.05, 3.63) is 107 Å². The van der Waals surface area contributed by atoms with Crippen LogP contribution in [0.2, 0.25) is 0 Å². The molecule has 38 heavy (non-hydrogen) atoms. The molecule has 0 saturated heterocycles. The van der Waals surface area contributed by atoms with Crippen LogP contribution >= 0.6 is 0 Å². The van der Waals surface area contributed by atoms with Crippen LogP contribution in [0.5, 0.6) is 11.5 Å². The Morgan fingerprint density at radius 3 is 2.50 bits per heavy atom. The standard InChI is InChI=1S/C29H24F4N2O3/c1-3-8-20-13-19(15-26(37-4-2)27(20)38-18-21-9-5-6-12-25(21)30)14-22(17-34)28(36)35-24-11-7-10-23(16-24)29(31,32)33/h3,5-7,9-16H,1,4,8,18H2,2H3,(H,35,36)/b22-14+. The van der Waals surface area contributed by atoms with Gasteiger partial charge < -0.3 is 14.8 Å². The summed E-state index contributed by atoms with van der Waals surface area (Å²) in [6.07, 6.45) is -1.33. The molecule has 0 fully saturated rings. The van der Waals surface area contributed by atoms with E-state index in [-0.39, 0.29) is 24.5 Å². The van der Waals surface area contributed by atoms with Gasteiger partial charge in [0.2, 0.25) is 0 Å². The largest absolute Gasteiger partial charge is 0.490 e. The first-order chi connectivity index (χ1) is 18.2. The maximum Gasteiger partial charge on any atom is 0.416 e. The van der Waals surface area contributed by atoms with Crippen LogP contribution in [0.1, 0.15) is 29.2 Å². The van der Waals surface area contributed by atoms with Crippen molar-refractivity contribution in [2.45, 2.75) is 26.1 Å². The van der Waals surface area contributed by atoms with Gasteiger partial charge in [-0.1, -0.05) is 30.3 Å². The lowest BCUT2D eigenvalue weighted by Crippen LogP contribution is -2.14. The Bertz CT molecular complexity index is 1390. The zero-order valence-electron chi connectivity index (χ0n) is 20.4. The number of carbonyl (C=O) groups excluding carboxylic acids is 1. The van der Waals surface area contributed by atoms with E-state index in [1.54, 1.807) is 49.4 Å². The summed E-state index contributed by atoms with van der Waals surface area (Å²) in [6.45, 7) is 5.72. The third kappa shape index (κ3) is 7.23. The van der Waals surface area contributed by atoms with Crippen molar-refractivity contribution in [1.29, 1.82) is 5.26 Å². The second-order valence-electron chi connectivity index (χ2n) is 8.02. The maximum absolute atomic E-state index is 14.1. The first-order valence-corrected chi connectivity index (χ1v) is 11.5. The first kappa shape index (κ1) is 28.0. The highest BCUT2D eigenvalue weighted by atomic mass is 19.4. The number of ether oxygens (including phenoxy) is 2. The fraction of sp³-hybridized carbons (Fsp3) is 0.172. The van der Waals surface area contributed by atoms with Gasteiger partial charge in [0.25, 0.3) is 5.91 Å². The van der Waals surface area contributed by atoms with Crippen LogP contribution in [-0.2, 0) is 24.0 Å². The van der Waals surface area contributed by atoms with Gasteiger partial charge in [0.05, 0.1) is 12.2 Å². The van der Waals surface area contributed by atoms with Crippen LogP contribution in [0.4, 0.5) is 23.2 Å². The van der Waals surface area contributed by atoms with Crippen molar-refractivity contribution in [3.63, 3.8) is 0 Å². The Morgan fingerprint density at radius 2 is 1.84 bits per heavy atom. The van der Waals surface area contributed by atoms with E-state index in [4.69, 9.17) is 9.47 Å². The Hall–Kier alpha value is -4.58. The van der Waals surface area contributed by atoms with E-state index in [1.807, 2.05) is 0 Å². The van der Waals surface area contributed by atoms with E-state index in [0.29, 0.717) is 34.6 Å². The number of nitrogens with zero attached hydrogens (tertiary/aromatic N) is 1. The third-order valence-corrected chi connectivity index (χ3v) is 5.27. The molecule has 0 unspecified atom stereocenters. The Morgan fingerprint density at radius 1 is 1.08 bits per heavy atom. The highest BCUT2D eigenvalue weighted by Crippen LogP contribution is 2.36. The molecular formula is C29H24F4N2O3. The molecule has 0 spiro atoms. The second-order valence-corrected chi connectivity index (χ2v) is 8.02. The monoisotopic (exact) mass is 524 g/mol. The smallest absolute Gasteiger partial charge is 0.416 e. The number of hydrogen-bond donors (Lipinski definition) is 1. The summed E-state index contributed by atoms with van der Waals surface area (Å²) in [5, 5.41) is 11.9. The van der Waals surface area contributed by atoms with Crippen LogP contribution in [0.3, 0.4) is 0 Å². The summed E-state index contributed by atoms with van der Waals surface area (Å²) >= 11 is 0. The molecule has 0 aliphatic carbocycles. The number of anilines is 1. The number of nitrogens with one attached hydrogen (secondary N) is 1. The van der Waals surface area contributed by atoms with Gasteiger partial charge in [0, 0.05) is 16.8 Å².